The predicted molar refractivity (Wildman–Crippen MR) is 136 cm³/mol. The SMILES string of the molecule is OB(O)c1ccccc1.[C-]#[N+]Cc1ccc(-c2ccccc2)nc1.[C-]#[N+]Cc1ccc(Cl)nc1. The summed E-state index contributed by atoms with van der Waals surface area (Å²) in [6.07, 6.45) is 3.38. The highest BCUT2D eigenvalue weighted by Gasteiger charge is 2.07. The molecule has 0 saturated carbocycles. The van der Waals surface area contributed by atoms with E-state index in [1.54, 1.807) is 48.8 Å². The van der Waals surface area contributed by atoms with E-state index in [2.05, 4.69) is 19.7 Å². The van der Waals surface area contributed by atoms with Crippen LogP contribution in [0.2, 0.25) is 5.15 Å². The molecule has 6 nitrogen and oxygen atoms in total. The summed E-state index contributed by atoms with van der Waals surface area (Å²) in [5.74, 6) is 0. The van der Waals surface area contributed by atoms with Crippen LogP contribution in [-0.2, 0) is 13.1 Å². The van der Waals surface area contributed by atoms with E-state index in [1.807, 2.05) is 48.5 Å². The Balaban J connectivity index is 0.000000189. The zero-order chi connectivity index (χ0) is 24.6. The number of aromatic nitrogens is 2. The van der Waals surface area contributed by atoms with Crippen molar-refractivity contribution in [1.29, 1.82) is 0 Å². The van der Waals surface area contributed by atoms with Gasteiger partial charge in [-0.1, -0.05) is 72.3 Å². The van der Waals surface area contributed by atoms with Crippen LogP contribution in [0.15, 0.2) is 97.3 Å². The average Bonchev–Trinajstić information content (AvgIpc) is 2.88. The van der Waals surface area contributed by atoms with Crippen molar-refractivity contribution >= 4 is 24.2 Å². The van der Waals surface area contributed by atoms with Crippen LogP contribution in [0.5, 0.6) is 0 Å². The average molecular weight is 469 g/mol. The molecule has 0 atom stereocenters. The molecule has 0 saturated heterocycles. The summed E-state index contributed by atoms with van der Waals surface area (Å²) in [5, 5.41) is 17.6. The molecule has 2 aromatic carbocycles. The van der Waals surface area contributed by atoms with Gasteiger partial charge in [-0.05, 0) is 29.7 Å². The first-order chi connectivity index (χ1) is 16.5. The van der Waals surface area contributed by atoms with Crippen molar-refractivity contribution in [3.63, 3.8) is 0 Å². The summed E-state index contributed by atoms with van der Waals surface area (Å²) in [6, 6.07) is 26.1. The first-order valence-electron chi connectivity index (χ1n) is 10.2. The summed E-state index contributed by atoms with van der Waals surface area (Å²) in [7, 11) is -1.34. The van der Waals surface area contributed by atoms with Gasteiger partial charge in [-0.3, -0.25) is 4.98 Å². The van der Waals surface area contributed by atoms with Crippen LogP contribution in [0.3, 0.4) is 0 Å². The van der Waals surface area contributed by atoms with E-state index < -0.39 is 7.12 Å². The highest BCUT2D eigenvalue weighted by atomic mass is 35.5. The van der Waals surface area contributed by atoms with Gasteiger partial charge in [0.25, 0.3) is 0 Å². The number of hydrogen-bond acceptors (Lipinski definition) is 4. The fourth-order valence-corrected chi connectivity index (χ4v) is 2.72. The molecule has 0 amide bonds. The lowest BCUT2D eigenvalue weighted by atomic mass is 9.81. The van der Waals surface area contributed by atoms with Crippen molar-refractivity contribution in [3.8, 4) is 11.3 Å². The lowest BCUT2D eigenvalue weighted by molar-refractivity contribution is 0.426. The maximum atomic E-state index is 8.58. The van der Waals surface area contributed by atoms with Gasteiger partial charge in [0.05, 0.1) is 5.69 Å². The Morgan fingerprint density at radius 1 is 0.706 bits per heavy atom. The standard InChI is InChI=1S/C13H10N2.C7H5ClN2.C6H7BO2/c1-14-9-11-7-8-13(15-10-11)12-5-3-2-4-6-12;1-9-4-6-2-3-7(8)10-5-6;8-7(9)6-4-2-1-3-5-6/h2-8,10H,9H2;2-3,5H,4H2;1-5,8-9H. The van der Waals surface area contributed by atoms with E-state index in [0.29, 0.717) is 23.7 Å². The predicted octanol–water partition coefficient (Wildman–Crippen LogP) is 4.69. The van der Waals surface area contributed by atoms with Gasteiger partial charge in [0.1, 0.15) is 5.15 Å². The number of rotatable bonds is 4. The first-order valence-corrected chi connectivity index (χ1v) is 10.6. The number of pyridine rings is 2. The summed E-state index contributed by atoms with van der Waals surface area (Å²) in [6.45, 7) is 14.1. The zero-order valence-corrected chi connectivity index (χ0v) is 19.0. The number of halogens is 1. The van der Waals surface area contributed by atoms with Gasteiger partial charge in [-0.2, -0.15) is 0 Å². The van der Waals surface area contributed by atoms with Gasteiger partial charge in [0, 0.05) is 29.1 Å². The minimum atomic E-state index is -1.34. The highest BCUT2D eigenvalue weighted by Crippen LogP contribution is 2.16. The van der Waals surface area contributed by atoms with E-state index in [0.717, 1.165) is 22.4 Å². The Bertz CT molecular complexity index is 1190. The fraction of sp³-hybridized carbons (Fsp3) is 0.0769. The maximum absolute atomic E-state index is 8.58. The minimum Gasteiger partial charge on any atom is -0.423 e. The monoisotopic (exact) mass is 468 g/mol. The van der Waals surface area contributed by atoms with Crippen molar-refractivity contribution < 1.29 is 10.0 Å². The van der Waals surface area contributed by atoms with Gasteiger partial charge in [-0.15, -0.1) is 0 Å². The molecule has 2 N–H and O–H groups in total. The molecule has 2 heterocycles. The third-order valence-corrected chi connectivity index (χ3v) is 4.53. The van der Waals surface area contributed by atoms with Crippen molar-refractivity contribution in [2.75, 3.05) is 0 Å². The summed E-state index contributed by atoms with van der Waals surface area (Å²) < 4.78 is 0. The number of nitrogens with zero attached hydrogens (tertiary/aromatic N) is 4. The third-order valence-electron chi connectivity index (χ3n) is 4.30. The van der Waals surface area contributed by atoms with Crippen molar-refractivity contribution in [2.45, 2.75) is 13.1 Å². The Kier molecular flexibility index (Phi) is 11.5. The summed E-state index contributed by atoms with van der Waals surface area (Å²) in [5.41, 5.74) is 4.44. The molecule has 0 unspecified atom stereocenters. The van der Waals surface area contributed by atoms with Gasteiger partial charge >= 0.3 is 7.12 Å². The molecule has 34 heavy (non-hydrogen) atoms. The lowest BCUT2D eigenvalue weighted by Crippen LogP contribution is -2.29. The number of benzene rings is 2. The second kappa shape index (κ2) is 14.9. The van der Waals surface area contributed by atoms with E-state index in [-0.39, 0.29) is 0 Å². The van der Waals surface area contributed by atoms with Crippen molar-refractivity contribution in [3.05, 3.63) is 136 Å². The molecular formula is C26H22BClN4O2. The smallest absolute Gasteiger partial charge is 0.423 e. The molecule has 4 aromatic rings. The second-order valence-electron chi connectivity index (χ2n) is 6.82. The van der Waals surface area contributed by atoms with Crippen LogP contribution < -0.4 is 5.46 Å². The first kappa shape index (κ1) is 26.2. The molecule has 2 aromatic heterocycles. The normalized spacial score (nSPS) is 9.21. The van der Waals surface area contributed by atoms with Crippen LogP contribution in [0.1, 0.15) is 11.1 Å². The van der Waals surface area contributed by atoms with Crippen molar-refractivity contribution in [2.24, 2.45) is 0 Å². The Hall–Kier alpha value is -4.01. The van der Waals surface area contributed by atoms with E-state index in [4.69, 9.17) is 34.8 Å². The van der Waals surface area contributed by atoms with E-state index in [1.165, 1.54) is 0 Å². The van der Waals surface area contributed by atoms with E-state index in [9.17, 15) is 0 Å². The van der Waals surface area contributed by atoms with Crippen LogP contribution in [0.25, 0.3) is 20.9 Å². The molecule has 0 fully saturated rings. The van der Waals surface area contributed by atoms with Crippen LogP contribution in [0.4, 0.5) is 0 Å². The molecule has 4 rings (SSSR count). The second-order valence-corrected chi connectivity index (χ2v) is 7.21. The van der Waals surface area contributed by atoms with Crippen LogP contribution >= 0.6 is 11.6 Å². The molecule has 0 bridgehead atoms. The van der Waals surface area contributed by atoms with Gasteiger partial charge in [0.2, 0.25) is 13.1 Å². The molecule has 0 aliphatic carbocycles. The summed E-state index contributed by atoms with van der Waals surface area (Å²) >= 11 is 5.52. The Morgan fingerprint density at radius 2 is 1.24 bits per heavy atom. The van der Waals surface area contributed by atoms with Crippen LogP contribution in [0, 0.1) is 13.1 Å². The molecule has 0 spiro atoms. The minimum absolute atomic E-state index is 0.379. The van der Waals surface area contributed by atoms with E-state index >= 15 is 0 Å². The quantitative estimate of drug-likeness (QED) is 0.259. The Labute approximate surface area is 205 Å². The molecule has 0 radical (unpaired) electrons. The van der Waals surface area contributed by atoms with Crippen molar-refractivity contribution in [1.82, 2.24) is 9.97 Å². The molecule has 0 aliphatic heterocycles. The maximum Gasteiger partial charge on any atom is 0.488 e. The van der Waals surface area contributed by atoms with Gasteiger partial charge in [0.15, 0.2) is 0 Å². The molecule has 8 heteroatoms. The Morgan fingerprint density at radius 3 is 1.65 bits per heavy atom. The fourth-order valence-electron chi connectivity index (χ4n) is 2.61. The van der Waals surface area contributed by atoms with Gasteiger partial charge in [-0.25, -0.2) is 18.1 Å². The third kappa shape index (κ3) is 9.64. The lowest BCUT2D eigenvalue weighted by Gasteiger charge is -1.99. The largest absolute Gasteiger partial charge is 0.488 e. The van der Waals surface area contributed by atoms with Crippen LogP contribution in [-0.4, -0.2) is 27.1 Å². The van der Waals surface area contributed by atoms with Gasteiger partial charge < -0.3 is 19.7 Å². The molecular weight excluding hydrogens is 447 g/mol. The summed E-state index contributed by atoms with van der Waals surface area (Å²) in [4.78, 5) is 14.7. The topological polar surface area (TPSA) is 75.0 Å². The highest BCUT2D eigenvalue weighted by molar-refractivity contribution is 6.58. The zero-order valence-electron chi connectivity index (χ0n) is 18.3. The number of hydrogen-bond donors (Lipinski definition) is 2. The molecule has 168 valence electrons. The molecule has 0 aliphatic rings.